The van der Waals surface area contributed by atoms with E-state index in [9.17, 15) is 13.6 Å². The standard InChI is InChI=1S/C17H15F2N3O/c18-13-7-12(8-14(19)9-13)4-5-20-17(23)10-15-11-22-6-2-1-3-16(22)21-15/h1-3,6-9,11H,4-5,10H2,(H,20,23). The van der Waals surface area contributed by atoms with Gasteiger partial charge in [0.2, 0.25) is 5.91 Å². The summed E-state index contributed by atoms with van der Waals surface area (Å²) in [5.41, 5.74) is 1.96. The highest BCUT2D eigenvalue weighted by atomic mass is 19.1. The van der Waals surface area contributed by atoms with Crippen LogP contribution in [0.3, 0.4) is 0 Å². The number of carbonyl (C=O) groups is 1. The number of imidazole rings is 1. The quantitative estimate of drug-likeness (QED) is 0.786. The number of benzene rings is 1. The van der Waals surface area contributed by atoms with Crippen molar-refractivity contribution in [3.05, 3.63) is 71.7 Å². The minimum absolute atomic E-state index is 0.166. The minimum Gasteiger partial charge on any atom is -0.355 e. The smallest absolute Gasteiger partial charge is 0.226 e. The van der Waals surface area contributed by atoms with Crippen molar-refractivity contribution in [2.24, 2.45) is 0 Å². The minimum atomic E-state index is -0.615. The summed E-state index contributed by atoms with van der Waals surface area (Å²) in [6, 6.07) is 8.97. The third-order valence-electron chi connectivity index (χ3n) is 3.41. The second kappa shape index (κ2) is 6.56. The van der Waals surface area contributed by atoms with Crippen LogP contribution in [-0.2, 0) is 17.6 Å². The summed E-state index contributed by atoms with van der Waals surface area (Å²) < 4.78 is 28.0. The Bertz CT molecular complexity index is 791. The molecule has 0 spiro atoms. The summed E-state index contributed by atoms with van der Waals surface area (Å²) in [4.78, 5) is 16.2. The zero-order chi connectivity index (χ0) is 16.2. The molecule has 23 heavy (non-hydrogen) atoms. The van der Waals surface area contributed by atoms with Crippen LogP contribution in [0.15, 0.2) is 48.8 Å². The lowest BCUT2D eigenvalue weighted by molar-refractivity contribution is -0.120. The predicted octanol–water partition coefficient (Wildman–Crippen LogP) is 2.51. The molecule has 0 aliphatic carbocycles. The Labute approximate surface area is 131 Å². The Balaban J connectivity index is 1.53. The molecule has 3 aromatic rings. The average Bonchev–Trinajstić information content (AvgIpc) is 2.88. The van der Waals surface area contributed by atoms with E-state index in [1.54, 1.807) is 6.20 Å². The van der Waals surface area contributed by atoms with E-state index >= 15 is 0 Å². The van der Waals surface area contributed by atoms with Crippen LogP contribution in [0.2, 0.25) is 0 Å². The van der Waals surface area contributed by atoms with Crippen molar-refractivity contribution in [3.63, 3.8) is 0 Å². The largest absolute Gasteiger partial charge is 0.355 e. The highest BCUT2D eigenvalue weighted by Crippen LogP contribution is 2.08. The lowest BCUT2D eigenvalue weighted by atomic mass is 10.1. The highest BCUT2D eigenvalue weighted by molar-refractivity contribution is 5.78. The Morgan fingerprint density at radius 3 is 2.70 bits per heavy atom. The fraction of sp³-hybridized carbons (Fsp3) is 0.176. The van der Waals surface area contributed by atoms with Crippen LogP contribution in [0.5, 0.6) is 0 Å². The van der Waals surface area contributed by atoms with Crippen molar-refractivity contribution in [1.82, 2.24) is 14.7 Å². The van der Waals surface area contributed by atoms with Gasteiger partial charge in [0.25, 0.3) is 0 Å². The third kappa shape index (κ3) is 3.91. The molecule has 1 N–H and O–H groups in total. The van der Waals surface area contributed by atoms with Crippen molar-refractivity contribution in [1.29, 1.82) is 0 Å². The zero-order valence-corrected chi connectivity index (χ0v) is 12.3. The Morgan fingerprint density at radius 2 is 1.96 bits per heavy atom. The van der Waals surface area contributed by atoms with Gasteiger partial charge >= 0.3 is 0 Å². The molecule has 0 unspecified atom stereocenters. The van der Waals surface area contributed by atoms with Crippen molar-refractivity contribution in [2.75, 3.05) is 6.54 Å². The van der Waals surface area contributed by atoms with E-state index in [1.165, 1.54) is 12.1 Å². The molecule has 0 aliphatic rings. The van der Waals surface area contributed by atoms with Gasteiger partial charge in [-0.2, -0.15) is 0 Å². The van der Waals surface area contributed by atoms with E-state index in [0.717, 1.165) is 11.7 Å². The number of pyridine rings is 1. The summed E-state index contributed by atoms with van der Waals surface area (Å²) in [5.74, 6) is -1.41. The Hall–Kier alpha value is -2.76. The van der Waals surface area contributed by atoms with E-state index in [1.807, 2.05) is 28.8 Å². The van der Waals surface area contributed by atoms with E-state index in [0.29, 0.717) is 24.2 Å². The van der Waals surface area contributed by atoms with Crippen LogP contribution in [-0.4, -0.2) is 21.8 Å². The van der Waals surface area contributed by atoms with E-state index in [4.69, 9.17) is 0 Å². The van der Waals surface area contributed by atoms with E-state index < -0.39 is 11.6 Å². The average molecular weight is 315 g/mol. The van der Waals surface area contributed by atoms with Gasteiger partial charge in [0.1, 0.15) is 17.3 Å². The van der Waals surface area contributed by atoms with Gasteiger partial charge in [-0.25, -0.2) is 13.8 Å². The van der Waals surface area contributed by atoms with Crippen LogP contribution in [0.4, 0.5) is 8.78 Å². The van der Waals surface area contributed by atoms with Crippen LogP contribution in [0, 0.1) is 11.6 Å². The Kier molecular flexibility index (Phi) is 4.32. The fourth-order valence-corrected chi connectivity index (χ4v) is 2.40. The maximum atomic E-state index is 13.1. The summed E-state index contributed by atoms with van der Waals surface area (Å²) in [6.45, 7) is 0.315. The number of hydrogen-bond donors (Lipinski definition) is 1. The van der Waals surface area contributed by atoms with E-state index in [-0.39, 0.29) is 12.3 Å². The molecule has 0 bridgehead atoms. The van der Waals surface area contributed by atoms with Crippen molar-refractivity contribution < 1.29 is 13.6 Å². The second-order valence-electron chi connectivity index (χ2n) is 5.25. The first-order chi connectivity index (χ1) is 11.1. The topological polar surface area (TPSA) is 46.4 Å². The van der Waals surface area contributed by atoms with Gasteiger partial charge in [0, 0.05) is 25.0 Å². The van der Waals surface area contributed by atoms with Crippen LogP contribution >= 0.6 is 0 Å². The SMILES string of the molecule is O=C(Cc1cn2ccccc2n1)NCCc1cc(F)cc(F)c1. The normalized spacial score (nSPS) is 10.9. The monoisotopic (exact) mass is 315 g/mol. The van der Waals surface area contributed by atoms with E-state index in [2.05, 4.69) is 10.3 Å². The molecule has 118 valence electrons. The summed E-state index contributed by atoms with van der Waals surface area (Å²) in [6.07, 6.45) is 4.20. The zero-order valence-electron chi connectivity index (χ0n) is 12.3. The van der Waals surface area contributed by atoms with Gasteiger partial charge in [0.15, 0.2) is 0 Å². The first kappa shape index (κ1) is 15.1. The number of nitrogens with zero attached hydrogens (tertiary/aromatic N) is 2. The van der Waals surface area contributed by atoms with Gasteiger partial charge in [0.05, 0.1) is 12.1 Å². The molecule has 0 aliphatic heterocycles. The molecule has 6 heteroatoms. The molecule has 4 nitrogen and oxygen atoms in total. The van der Waals surface area contributed by atoms with Gasteiger partial charge in [-0.1, -0.05) is 6.07 Å². The molecule has 2 heterocycles. The number of nitrogens with one attached hydrogen (secondary N) is 1. The number of aromatic nitrogens is 2. The summed E-state index contributed by atoms with van der Waals surface area (Å²) in [7, 11) is 0. The van der Waals surface area contributed by atoms with Crippen molar-refractivity contribution >= 4 is 11.6 Å². The number of hydrogen-bond acceptors (Lipinski definition) is 2. The lowest BCUT2D eigenvalue weighted by Gasteiger charge is -2.05. The molecule has 0 fully saturated rings. The maximum Gasteiger partial charge on any atom is 0.226 e. The third-order valence-corrected chi connectivity index (χ3v) is 3.41. The van der Waals surface area contributed by atoms with Gasteiger partial charge in [-0.15, -0.1) is 0 Å². The van der Waals surface area contributed by atoms with Crippen molar-refractivity contribution in [2.45, 2.75) is 12.8 Å². The number of carbonyl (C=O) groups excluding carboxylic acids is 1. The fourth-order valence-electron chi connectivity index (χ4n) is 2.40. The first-order valence-electron chi connectivity index (χ1n) is 7.24. The van der Waals surface area contributed by atoms with Gasteiger partial charge < -0.3 is 9.72 Å². The number of fused-ring (bicyclic) bond motifs is 1. The van der Waals surface area contributed by atoms with Crippen LogP contribution < -0.4 is 5.32 Å². The highest BCUT2D eigenvalue weighted by Gasteiger charge is 2.07. The summed E-state index contributed by atoms with van der Waals surface area (Å²) in [5, 5.41) is 2.73. The molecule has 0 saturated carbocycles. The second-order valence-corrected chi connectivity index (χ2v) is 5.25. The van der Waals surface area contributed by atoms with Crippen LogP contribution in [0.1, 0.15) is 11.3 Å². The molecule has 1 amide bonds. The first-order valence-corrected chi connectivity index (χ1v) is 7.24. The Morgan fingerprint density at radius 1 is 1.17 bits per heavy atom. The van der Waals surface area contributed by atoms with Crippen molar-refractivity contribution in [3.8, 4) is 0 Å². The molecule has 2 aromatic heterocycles. The molecular weight excluding hydrogens is 300 g/mol. The van der Waals surface area contributed by atoms with Gasteiger partial charge in [-0.3, -0.25) is 4.79 Å². The molecule has 0 saturated heterocycles. The maximum absolute atomic E-state index is 13.1. The number of rotatable bonds is 5. The molecular formula is C17H15F2N3O. The van der Waals surface area contributed by atoms with Crippen LogP contribution in [0.25, 0.3) is 5.65 Å². The number of amides is 1. The molecule has 1 aromatic carbocycles. The molecule has 3 rings (SSSR count). The molecule has 0 atom stereocenters. The summed E-state index contributed by atoms with van der Waals surface area (Å²) >= 11 is 0. The lowest BCUT2D eigenvalue weighted by Crippen LogP contribution is -2.27. The number of halogens is 2. The molecule has 0 radical (unpaired) electrons. The predicted molar refractivity (Wildman–Crippen MR) is 82.0 cm³/mol. The van der Waals surface area contributed by atoms with Gasteiger partial charge in [-0.05, 0) is 36.2 Å².